The van der Waals surface area contributed by atoms with Crippen molar-refractivity contribution < 1.29 is 17.9 Å². The van der Waals surface area contributed by atoms with E-state index < -0.39 is 9.84 Å². The van der Waals surface area contributed by atoms with Crippen molar-refractivity contribution >= 4 is 42.4 Å². The molecule has 170 valence electrons. The standard InChI is InChI=1S/C23H27N3O4S2/c1-3-32(28,29)19-9-7-18(8-10-19)22(27)26(12-11-25-13-15-30-16-14-25)23-24-21-17(2)5-4-6-20(21)31-23/h4-10H,3,11-16H2,1-2H3. The summed E-state index contributed by atoms with van der Waals surface area (Å²) in [5.74, 6) is -0.160. The molecule has 3 aromatic rings. The fourth-order valence-electron chi connectivity index (χ4n) is 3.67. The van der Waals surface area contributed by atoms with E-state index in [0.717, 1.165) is 28.9 Å². The first-order valence-electron chi connectivity index (χ1n) is 10.7. The van der Waals surface area contributed by atoms with Crippen LogP contribution in [0, 0.1) is 6.92 Å². The Labute approximate surface area is 192 Å². The minimum absolute atomic E-state index is 0.0248. The quantitative estimate of drug-likeness (QED) is 0.523. The summed E-state index contributed by atoms with van der Waals surface area (Å²) in [6.45, 7) is 7.90. The third-order valence-electron chi connectivity index (χ3n) is 5.67. The van der Waals surface area contributed by atoms with Gasteiger partial charge in [0.1, 0.15) is 0 Å². The summed E-state index contributed by atoms with van der Waals surface area (Å²) in [6.07, 6.45) is 0. The van der Waals surface area contributed by atoms with Gasteiger partial charge in [0.25, 0.3) is 5.91 Å². The second kappa shape index (κ2) is 9.66. The van der Waals surface area contributed by atoms with Gasteiger partial charge in [-0.1, -0.05) is 30.4 Å². The molecule has 4 rings (SSSR count). The molecule has 0 radical (unpaired) electrons. The average Bonchev–Trinajstić information content (AvgIpc) is 3.25. The van der Waals surface area contributed by atoms with E-state index in [9.17, 15) is 13.2 Å². The van der Waals surface area contributed by atoms with Crippen LogP contribution in [0.4, 0.5) is 5.13 Å². The van der Waals surface area contributed by atoms with Crippen LogP contribution in [-0.2, 0) is 14.6 Å². The van der Waals surface area contributed by atoms with Crippen LogP contribution in [0.1, 0.15) is 22.8 Å². The molecule has 0 N–H and O–H groups in total. The summed E-state index contributed by atoms with van der Waals surface area (Å²) >= 11 is 1.50. The largest absolute Gasteiger partial charge is 0.379 e. The van der Waals surface area contributed by atoms with E-state index in [1.165, 1.54) is 23.5 Å². The Morgan fingerprint density at radius 1 is 1.16 bits per heavy atom. The van der Waals surface area contributed by atoms with Gasteiger partial charge in [0, 0.05) is 31.7 Å². The number of aromatic nitrogens is 1. The highest BCUT2D eigenvalue weighted by atomic mass is 32.2. The van der Waals surface area contributed by atoms with Crippen LogP contribution in [0.3, 0.4) is 0 Å². The van der Waals surface area contributed by atoms with Crippen LogP contribution in [0.15, 0.2) is 47.4 Å². The zero-order chi connectivity index (χ0) is 22.7. The van der Waals surface area contributed by atoms with Crippen molar-refractivity contribution in [3.05, 3.63) is 53.6 Å². The van der Waals surface area contributed by atoms with Crippen LogP contribution in [0.5, 0.6) is 0 Å². The van der Waals surface area contributed by atoms with Gasteiger partial charge in [0.05, 0.1) is 34.1 Å². The minimum atomic E-state index is -3.31. The van der Waals surface area contributed by atoms with Gasteiger partial charge in [-0.3, -0.25) is 14.6 Å². The fraction of sp³-hybridized carbons (Fsp3) is 0.391. The second-order valence-corrected chi connectivity index (χ2v) is 11.0. The molecule has 7 nitrogen and oxygen atoms in total. The first-order chi connectivity index (χ1) is 15.4. The maximum absolute atomic E-state index is 13.5. The predicted molar refractivity (Wildman–Crippen MR) is 127 cm³/mol. The molecular weight excluding hydrogens is 446 g/mol. The number of hydrogen-bond acceptors (Lipinski definition) is 7. The Hall–Kier alpha value is -2.33. The van der Waals surface area contributed by atoms with Gasteiger partial charge in [0.15, 0.2) is 15.0 Å². The van der Waals surface area contributed by atoms with Gasteiger partial charge in [-0.25, -0.2) is 13.4 Å². The number of fused-ring (bicyclic) bond motifs is 1. The number of aryl methyl sites for hydroxylation is 1. The summed E-state index contributed by atoms with van der Waals surface area (Å²) < 4.78 is 30.7. The van der Waals surface area contributed by atoms with Crippen LogP contribution < -0.4 is 4.90 Å². The van der Waals surface area contributed by atoms with E-state index >= 15 is 0 Å². The van der Waals surface area contributed by atoms with E-state index in [1.807, 2.05) is 25.1 Å². The summed E-state index contributed by atoms with van der Waals surface area (Å²) in [4.78, 5) is 22.5. The van der Waals surface area contributed by atoms with Crippen molar-refractivity contribution in [1.29, 1.82) is 0 Å². The number of anilines is 1. The number of hydrogen-bond donors (Lipinski definition) is 0. The molecule has 1 aromatic heterocycles. The highest BCUT2D eigenvalue weighted by Crippen LogP contribution is 2.31. The van der Waals surface area contributed by atoms with Gasteiger partial charge in [0.2, 0.25) is 0 Å². The van der Waals surface area contributed by atoms with E-state index in [0.29, 0.717) is 37.0 Å². The van der Waals surface area contributed by atoms with Crippen molar-refractivity contribution in [1.82, 2.24) is 9.88 Å². The molecule has 1 saturated heterocycles. The number of thiazole rings is 1. The first-order valence-corrected chi connectivity index (χ1v) is 13.2. The molecule has 1 aliphatic heterocycles. The lowest BCUT2D eigenvalue weighted by atomic mass is 10.2. The van der Waals surface area contributed by atoms with Crippen molar-refractivity contribution in [2.24, 2.45) is 0 Å². The van der Waals surface area contributed by atoms with Gasteiger partial charge in [-0.15, -0.1) is 0 Å². The number of rotatable bonds is 7. The normalized spacial score (nSPS) is 15.2. The van der Waals surface area contributed by atoms with Gasteiger partial charge in [-0.2, -0.15) is 0 Å². The molecule has 9 heteroatoms. The summed E-state index contributed by atoms with van der Waals surface area (Å²) in [5.41, 5.74) is 2.42. The first kappa shape index (κ1) is 22.8. The Kier molecular flexibility index (Phi) is 6.90. The van der Waals surface area contributed by atoms with Crippen molar-refractivity contribution in [3.8, 4) is 0 Å². The lowest BCUT2D eigenvalue weighted by molar-refractivity contribution is 0.0391. The number of benzene rings is 2. The van der Waals surface area contributed by atoms with Crippen LogP contribution in [0.25, 0.3) is 10.2 Å². The zero-order valence-electron chi connectivity index (χ0n) is 18.3. The highest BCUT2D eigenvalue weighted by molar-refractivity contribution is 7.91. The van der Waals surface area contributed by atoms with E-state index in [4.69, 9.17) is 9.72 Å². The Balaban J connectivity index is 1.64. The summed E-state index contributed by atoms with van der Waals surface area (Å²) in [7, 11) is -3.31. The molecular formula is C23H27N3O4S2. The number of sulfone groups is 1. The second-order valence-electron chi connectivity index (χ2n) is 7.76. The molecule has 1 amide bonds. The van der Waals surface area contributed by atoms with Crippen LogP contribution >= 0.6 is 11.3 Å². The Bertz CT molecular complexity index is 1200. The molecule has 2 heterocycles. The molecule has 0 bridgehead atoms. The van der Waals surface area contributed by atoms with E-state index in [-0.39, 0.29) is 16.6 Å². The number of ether oxygens (including phenoxy) is 1. The van der Waals surface area contributed by atoms with Crippen molar-refractivity contribution in [2.45, 2.75) is 18.7 Å². The molecule has 2 aromatic carbocycles. The Morgan fingerprint density at radius 2 is 1.88 bits per heavy atom. The number of carbonyl (C=O) groups is 1. The summed E-state index contributed by atoms with van der Waals surface area (Å²) in [5, 5.41) is 0.651. The molecule has 0 aliphatic carbocycles. The molecule has 0 spiro atoms. The monoisotopic (exact) mass is 473 g/mol. The van der Waals surface area contributed by atoms with Gasteiger partial charge < -0.3 is 4.74 Å². The fourth-order valence-corrected chi connectivity index (χ4v) is 5.62. The van der Waals surface area contributed by atoms with Crippen molar-refractivity contribution in [3.63, 3.8) is 0 Å². The number of para-hydroxylation sites is 1. The Morgan fingerprint density at radius 3 is 2.53 bits per heavy atom. The maximum Gasteiger partial charge on any atom is 0.260 e. The highest BCUT2D eigenvalue weighted by Gasteiger charge is 2.24. The third-order valence-corrected chi connectivity index (χ3v) is 8.46. The van der Waals surface area contributed by atoms with Crippen LogP contribution in [0.2, 0.25) is 0 Å². The molecule has 32 heavy (non-hydrogen) atoms. The SMILES string of the molecule is CCS(=O)(=O)c1ccc(C(=O)N(CCN2CCOCC2)c2nc3c(C)cccc3s2)cc1. The number of morpholine rings is 1. The number of amides is 1. The lowest BCUT2D eigenvalue weighted by Gasteiger charge is -2.29. The number of carbonyl (C=O) groups excluding carboxylic acids is 1. The topological polar surface area (TPSA) is 79.8 Å². The third kappa shape index (κ3) is 4.85. The van der Waals surface area contributed by atoms with Crippen molar-refractivity contribution in [2.75, 3.05) is 50.0 Å². The molecule has 0 saturated carbocycles. The van der Waals surface area contributed by atoms with Gasteiger partial charge in [-0.05, 0) is 42.8 Å². The minimum Gasteiger partial charge on any atom is -0.379 e. The maximum atomic E-state index is 13.5. The average molecular weight is 474 g/mol. The van der Waals surface area contributed by atoms with E-state index in [2.05, 4.69) is 4.90 Å². The zero-order valence-corrected chi connectivity index (χ0v) is 19.9. The predicted octanol–water partition coefficient (Wildman–Crippen LogP) is 3.38. The number of nitrogens with zero attached hydrogens (tertiary/aromatic N) is 3. The van der Waals surface area contributed by atoms with Gasteiger partial charge >= 0.3 is 0 Å². The molecule has 1 aliphatic rings. The summed E-state index contributed by atoms with van der Waals surface area (Å²) in [6, 6.07) is 12.2. The molecule has 1 fully saturated rings. The molecule has 0 atom stereocenters. The smallest absolute Gasteiger partial charge is 0.260 e. The molecule has 0 unspecified atom stereocenters. The lowest BCUT2D eigenvalue weighted by Crippen LogP contribution is -2.43. The van der Waals surface area contributed by atoms with Crippen LogP contribution in [-0.4, -0.2) is 69.4 Å². The van der Waals surface area contributed by atoms with E-state index in [1.54, 1.807) is 24.0 Å².